The van der Waals surface area contributed by atoms with Crippen molar-refractivity contribution in [2.45, 2.75) is 32.4 Å². The van der Waals surface area contributed by atoms with Gasteiger partial charge in [0.25, 0.3) is 0 Å². The number of amides is 1. The predicted molar refractivity (Wildman–Crippen MR) is 142 cm³/mol. The van der Waals surface area contributed by atoms with Crippen molar-refractivity contribution in [2.24, 2.45) is 4.99 Å². The molecule has 3 rings (SSSR count). The Morgan fingerprint density at radius 3 is 2.59 bits per heavy atom. The van der Waals surface area contributed by atoms with E-state index in [1.54, 1.807) is 6.07 Å². The van der Waals surface area contributed by atoms with Gasteiger partial charge in [0.1, 0.15) is 6.54 Å². The van der Waals surface area contributed by atoms with Crippen LogP contribution in [0.25, 0.3) is 0 Å². The topological polar surface area (TPSA) is 68.8 Å². The summed E-state index contributed by atoms with van der Waals surface area (Å²) < 4.78 is 0. The number of rotatable bonds is 7. The molecular weight excluding hydrogens is 513 g/mol. The van der Waals surface area contributed by atoms with Gasteiger partial charge in [-0.3, -0.25) is 9.69 Å². The molecule has 1 aliphatic rings. The summed E-state index contributed by atoms with van der Waals surface area (Å²) in [7, 11) is 0. The van der Waals surface area contributed by atoms with Crippen LogP contribution in [0.2, 0.25) is 0 Å². The maximum Gasteiger partial charge on any atom is 0.246 e. The number of hydrogen-bond acceptors (Lipinski definition) is 3. The van der Waals surface area contributed by atoms with Crippen LogP contribution in [0.15, 0.2) is 59.6 Å². The summed E-state index contributed by atoms with van der Waals surface area (Å²) in [4.78, 5) is 19.2. The van der Waals surface area contributed by atoms with Crippen LogP contribution in [-0.2, 0) is 11.3 Å². The summed E-state index contributed by atoms with van der Waals surface area (Å²) in [5.74, 6) is 3.07. The number of anilines is 1. The van der Waals surface area contributed by atoms with Gasteiger partial charge < -0.3 is 16.0 Å². The second-order valence-electron chi connectivity index (χ2n) is 7.65. The third kappa shape index (κ3) is 8.52. The highest BCUT2D eigenvalue weighted by atomic mass is 127. The number of guanidine groups is 1. The van der Waals surface area contributed by atoms with Crippen LogP contribution in [0.5, 0.6) is 0 Å². The highest BCUT2D eigenvalue weighted by Crippen LogP contribution is 2.14. The molecule has 0 aromatic heterocycles. The van der Waals surface area contributed by atoms with Gasteiger partial charge in [-0.1, -0.05) is 42.3 Å². The smallest absolute Gasteiger partial charge is 0.246 e. The van der Waals surface area contributed by atoms with E-state index < -0.39 is 0 Å². The Labute approximate surface area is 208 Å². The number of carbonyl (C=O) groups is 1. The number of piperidine rings is 1. The minimum Gasteiger partial charge on any atom is -0.357 e. The molecule has 0 unspecified atom stereocenters. The molecule has 0 radical (unpaired) electrons. The van der Waals surface area contributed by atoms with Gasteiger partial charge in [-0.25, -0.2) is 4.99 Å². The van der Waals surface area contributed by atoms with Crippen molar-refractivity contribution in [3.63, 3.8) is 0 Å². The number of hydrogen-bond donors (Lipinski definition) is 3. The minimum absolute atomic E-state index is 0. The van der Waals surface area contributed by atoms with E-state index in [0.29, 0.717) is 17.7 Å². The summed E-state index contributed by atoms with van der Waals surface area (Å²) in [6.07, 6.45) is 7.50. The third-order valence-corrected chi connectivity index (χ3v) is 5.22. The molecule has 0 aliphatic carbocycles. The van der Waals surface area contributed by atoms with Crippen LogP contribution in [0.1, 0.15) is 30.9 Å². The van der Waals surface area contributed by atoms with Gasteiger partial charge in [0, 0.05) is 43.5 Å². The average Bonchev–Trinajstić information content (AvgIpc) is 2.80. The molecule has 1 aliphatic heterocycles. The number of benzene rings is 2. The zero-order valence-corrected chi connectivity index (χ0v) is 20.8. The normalized spacial score (nSPS) is 14.7. The number of aliphatic imine (C=N–C) groups is 1. The average molecular weight is 545 g/mol. The number of nitrogens with zero attached hydrogens (tertiary/aromatic N) is 2. The van der Waals surface area contributed by atoms with Crippen LogP contribution in [0.4, 0.5) is 5.69 Å². The van der Waals surface area contributed by atoms with Crippen LogP contribution >= 0.6 is 24.0 Å². The molecule has 0 bridgehead atoms. The SMILES string of the molecule is C#Cc1cccc(NC(=O)CN=C(NCC)NC2CCN(Cc3ccccc3)CC2)c1.I. The second kappa shape index (κ2) is 13.8. The highest BCUT2D eigenvalue weighted by Gasteiger charge is 2.20. The summed E-state index contributed by atoms with van der Waals surface area (Å²) in [6, 6.07) is 18.2. The molecule has 170 valence electrons. The molecular formula is C25H32IN5O. The van der Waals surface area contributed by atoms with Crippen LogP contribution in [-0.4, -0.2) is 49.0 Å². The van der Waals surface area contributed by atoms with Gasteiger partial charge in [-0.05, 0) is 43.5 Å². The quantitative estimate of drug-likeness (QED) is 0.216. The van der Waals surface area contributed by atoms with E-state index in [-0.39, 0.29) is 36.4 Å². The number of likely N-dealkylation sites (tertiary alicyclic amines) is 1. The zero-order chi connectivity index (χ0) is 21.9. The first-order valence-electron chi connectivity index (χ1n) is 10.8. The van der Waals surface area contributed by atoms with Gasteiger partial charge >= 0.3 is 0 Å². The molecule has 1 heterocycles. The van der Waals surface area contributed by atoms with E-state index in [9.17, 15) is 4.79 Å². The summed E-state index contributed by atoms with van der Waals surface area (Å²) >= 11 is 0. The van der Waals surface area contributed by atoms with Gasteiger partial charge in [0.2, 0.25) is 5.91 Å². The zero-order valence-electron chi connectivity index (χ0n) is 18.5. The van der Waals surface area contributed by atoms with Crippen molar-refractivity contribution in [1.82, 2.24) is 15.5 Å². The van der Waals surface area contributed by atoms with Crippen molar-refractivity contribution in [1.29, 1.82) is 0 Å². The summed E-state index contributed by atoms with van der Waals surface area (Å²) in [5.41, 5.74) is 2.76. The molecule has 1 saturated heterocycles. The van der Waals surface area contributed by atoms with Crippen molar-refractivity contribution in [3.05, 3.63) is 65.7 Å². The fraction of sp³-hybridized carbons (Fsp3) is 0.360. The van der Waals surface area contributed by atoms with Crippen LogP contribution in [0.3, 0.4) is 0 Å². The number of nitrogens with one attached hydrogen (secondary N) is 3. The van der Waals surface area contributed by atoms with Crippen LogP contribution < -0.4 is 16.0 Å². The lowest BCUT2D eigenvalue weighted by molar-refractivity contribution is -0.114. The van der Waals surface area contributed by atoms with E-state index in [2.05, 4.69) is 62.1 Å². The van der Waals surface area contributed by atoms with Crippen molar-refractivity contribution in [3.8, 4) is 12.3 Å². The van der Waals surface area contributed by atoms with E-state index >= 15 is 0 Å². The first-order valence-corrected chi connectivity index (χ1v) is 10.8. The van der Waals surface area contributed by atoms with Crippen molar-refractivity contribution in [2.75, 3.05) is 31.5 Å². The van der Waals surface area contributed by atoms with E-state index in [1.807, 2.05) is 25.1 Å². The molecule has 32 heavy (non-hydrogen) atoms. The molecule has 0 saturated carbocycles. The fourth-order valence-corrected chi connectivity index (χ4v) is 3.63. The summed E-state index contributed by atoms with van der Waals surface area (Å²) in [5, 5.41) is 9.56. The fourth-order valence-electron chi connectivity index (χ4n) is 3.63. The highest BCUT2D eigenvalue weighted by molar-refractivity contribution is 14.0. The Bertz CT molecular complexity index is 917. The Kier molecular flexibility index (Phi) is 11.0. The Morgan fingerprint density at radius 2 is 1.91 bits per heavy atom. The van der Waals surface area contributed by atoms with Crippen LogP contribution in [0, 0.1) is 12.3 Å². The Morgan fingerprint density at radius 1 is 1.16 bits per heavy atom. The maximum atomic E-state index is 12.3. The maximum absolute atomic E-state index is 12.3. The number of carbonyl (C=O) groups excluding carboxylic acids is 1. The lowest BCUT2D eigenvalue weighted by Crippen LogP contribution is -2.48. The molecule has 0 atom stereocenters. The number of terminal acetylenes is 1. The van der Waals surface area contributed by atoms with Gasteiger partial charge in [0.15, 0.2) is 5.96 Å². The van der Waals surface area contributed by atoms with Gasteiger partial charge in [0.05, 0.1) is 0 Å². The molecule has 6 nitrogen and oxygen atoms in total. The van der Waals surface area contributed by atoms with E-state index in [1.165, 1.54) is 5.56 Å². The molecule has 2 aromatic rings. The predicted octanol–water partition coefficient (Wildman–Crippen LogP) is 3.44. The number of halogens is 1. The van der Waals surface area contributed by atoms with Crippen molar-refractivity contribution >= 4 is 41.5 Å². The first kappa shape index (κ1) is 25.7. The molecule has 7 heteroatoms. The van der Waals surface area contributed by atoms with Crippen molar-refractivity contribution < 1.29 is 4.79 Å². The van der Waals surface area contributed by atoms with Gasteiger partial charge in [-0.2, -0.15) is 0 Å². The lowest BCUT2D eigenvalue weighted by Gasteiger charge is -2.33. The lowest BCUT2D eigenvalue weighted by atomic mass is 10.0. The van der Waals surface area contributed by atoms with E-state index in [0.717, 1.165) is 44.6 Å². The van der Waals surface area contributed by atoms with Gasteiger partial charge in [-0.15, -0.1) is 30.4 Å². The molecule has 1 fully saturated rings. The molecule has 2 aromatic carbocycles. The summed E-state index contributed by atoms with van der Waals surface area (Å²) in [6.45, 7) is 5.87. The largest absolute Gasteiger partial charge is 0.357 e. The third-order valence-electron chi connectivity index (χ3n) is 5.22. The standard InChI is InChI=1S/C25H31N5O.HI/c1-3-20-11-8-12-23(17-20)28-24(31)18-27-25(26-4-2)29-22-13-15-30(16-14-22)19-21-9-6-5-7-10-21;/h1,5-12,17,22H,4,13-16,18-19H2,2H3,(H,28,31)(H2,26,27,29);1H. The molecule has 3 N–H and O–H groups in total. The Hall–Kier alpha value is -2.57. The first-order chi connectivity index (χ1) is 15.2. The molecule has 0 spiro atoms. The minimum atomic E-state index is -0.177. The molecule has 1 amide bonds. The monoisotopic (exact) mass is 545 g/mol. The second-order valence-corrected chi connectivity index (χ2v) is 7.65. The van der Waals surface area contributed by atoms with E-state index in [4.69, 9.17) is 6.42 Å². The Balaban J connectivity index is 0.00000363.